The quantitative estimate of drug-likeness (QED) is 0.0874. The van der Waals surface area contributed by atoms with Crippen LogP contribution < -0.4 is 5.32 Å². The Bertz CT molecular complexity index is 1180. The molecule has 5 N–H and O–H groups in total. The molecule has 0 bridgehead atoms. The zero-order valence-electron chi connectivity index (χ0n) is 31.2. The lowest BCUT2D eigenvalue weighted by atomic mass is 10.1. The van der Waals surface area contributed by atoms with Crippen LogP contribution in [0.1, 0.15) is 73.4 Å². The van der Waals surface area contributed by atoms with Gasteiger partial charge in [0.1, 0.15) is 16.8 Å². The fourth-order valence-electron chi connectivity index (χ4n) is 3.83. The molecular formula is C37H60N2O11. The van der Waals surface area contributed by atoms with Gasteiger partial charge in [0.2, 0.25) is 0 Å². The highest BCUT2D eigenvalue weighted by Gasteiger charge is 2.25. The highest BCUT2D eigenvalue weighted by Crippen LogP contribution is 2.13. The van der Waals surface area contributed by atoms with Crippen molar-refractivity contribution < 1.29 is 53.8 Å². The van der Waals surface area contributed by atoms with E-state index in [1.807, 2.05) is 60.7 Å². The number of rotatable bonds is 12. The van der Waals surface area contributed by atoms with Gasteiger partial charge in [-0.15, -0.1) is 0 Å². The van der Waals surface area contributed by atoms with Gasteiger partial charge in [0, 0.05) is 26.1 Å². The van der Waals surface area contributed by atoms with Crippen LogP contribution >= 0.6 is 0 Å². The molecule has 0 saturated heterocycles. The Kier molecular flexibility index (Phi) is 21.8. The number of aliphatic hydroxyl groups excluding tert-OH is 4. The Balaban J connectivity index is 0.000000741. The molecule has 50 heavy (non-hydrogen) atoms. The second-order valence-electron chi connectivity index (χ2n) is 14.3. The first-order valence-corrected chi connectivity index (χ1v) is 16.6. The van der Waals surface area contributed by atoms with E-state index in [1.165, 1.54) is 4.90 Å². The maximum absolute atomic E-state index is 12.0. The molecule has 2 aromatic carbocycles. The van der Waals surface area contributed by atoms with Crippen LogP contribution in [0.25, 0.3) is 0 Å². The summed E-state index contributed by atoms with van der Waals surface area (Å²) in [6, 6.07) is 19.4. The summed E-state index contributed by atoms with van der Waals surface area (Å²) < 4.78 is 19.1. The van der Waals surface area contributed by atoms with Crippen molar-refractivity contribution in [2.75, 3.05) is 39.4 Å². The first-order valence-electron chi connectivity index (χ1n) is 16.6. The fourth-order valence-corrected chi connectivity index (χ4v) is 3.83. The molecule has 284 valence electrons. The SMILES string of the molecule is CC(C)(C)OC(=O)N(CCO)CC(O)Cc1ccccc1.CC(C)(C)OC(=O)OC(=O)OC(C)(C)C.OCCNCC(O)Cc1ccccc1. The molecule has 0 saturated carbocycles. The Hall–Kier alpha value is -3.75. The van der Waals surface area contributed by atoms with Crippen molar-refractivity contribution in [3.05, 3.63) is 71.8 Å². The van der Waals surface area contributed by atoms with Gasteiger partial charge in [0.05, 0.1) is 32.0 Å². The Labute approximate surface area is 297 Å². The minimum atomic E-state index is -1.06. The van der Waals surface area contributed by atoms with E-state index in [-0.39, 0.29) is 32.4 Å². The topological polar surface area (TPSA) is 184 Å². The standard InChI is InChI=1S/C16H25NO4.C11H17NO2.C10H18O5/c1-16(2,3)21-15(20)17(9-10-18)12-14(19)11-13-7-5-4-6-8-13;13-7-6-12-9-11(14)8-10-4-2-1-3-5-10;1-9(2,3)14-7(11)13-8(12)15-10(4,5)6/h4-8,14,18-19H,9-12H2,1-3H3;1-5,11-14H,6-9H2;1-6H3. The molecule has 0 fully saturated rings. The van der Waals surface area contributed by atoms with Gasteiger partial charge in [0.25, 0.3) is 0 Å². The predicted molar refractivity (Wildman–Crippen MR) is 191 cm³/mol. The van der Waals surface area contributed by atoms with Crippen molar-refractivity contribution in [3.63, 3.8) is 0 Å². The summed E-state index contributed by atoms with van der Waals surface area (Å²) in [5.74, 6) is 0. The van der Waals surface area contributed by atoms with Crippen LogP contribution in [0.5, 0.6) is 0 Å². The molecule has 0 aliphatic heterocycles. The monoisotopic (exact) mass is 708 g/mol. The number of carbonyl (C=O) groups is 3. The zero-order chi connectivity index (χ0) is 38.4. The smallest absolute Gasteiger partial charge is 0.444 e. The van der Waals surface area contributed by atoms with E-state index < -0.39 is 41.3 Å². The van der Waals surface area contributed by atoms with E-state index in [0.29, 0.717) is 25.9 Å². The second-order valence-corrected chi connectivity index (χ2v) is 14.3. The minimum Gasteiger partial charge on any atom is -0.444 e. The van der Waals surface area contributed by atoms with Gasteiger partial charge < -0.3 is 49.6 Å². The number of benzene rings is 2. The number of nitrogens with zero attached hydrogens (tertiary/aromatic N) is 1. The van der Waals surface area contributed by atoms with Crippen molar-refractivity contribution >= 4 is 18.4 Å². The number of hydrogen-bond acceptors (Lipinski definition) is 12. The van der Waals surface area contributed by atoms with Crippen molar-refractivity contribution in [2.45, 2.75) is 104 Å². The summed E-state index contributed by atoms with van der Waals surface area (Å²) in [7, 11) is 0. The van der Waals surface area contributed by atoms with Gasteiger partial charge >= 0.3 is 18.4 Å². The van der Waals surface area contributed by atoms with E-state index in [4.69, 9.17) is 24.4 Å². The average Bonchev–Trinajstić information content (AvgIpc) is 2.96. The highest BCUT2D eigenvalue weighted by atomic mass is 16.8. The summed E-state index contributed by atoms with van der Waals surface area (Å²) in [4.78, 5) is 35.4. The Morgan fingerprint density at radius 3 is 1.46 bits per heavy atom. The lowest BCUT2D eigenvalue weighted by Gasteiger charge is -2.28. The maximum Gasteiger partial charge on any atom is 0.519 e. The van der Waals surface area contributed by atoms with E-state index in [9.17, 15) is 24.6 Å². The summed E-state index contributed by atoms with van der Waals surface area (Å²) >= 11 is 0. The Morgan fingerprint density at radius 2 is 1.08 bits per heavy atom. The van der Waals surface area contributed by atoms with Gasteiger partial charge in [-0.25, -0.2) is 14.4 Å². The predicted octanol–water partition coefficient (Wildman–Crippen LogP) is 4.86. The molecule has 2 aromatic rings. The molecule has 2 rings (SSSR count). The van der Waals surface area contributed by atoms with Crippen molar-refractivity contribution in [2.24, 2.45) is 0 Å². The Morgan fingerprint density at radius 1 is 0.660 bits per heavy atom. The third kappa shape index (κ3) is 27.1. The third-order valence-corrected chi connectivity index (χ3v) is 5.70. The van der Waals surface area contributed by atoms with Gasteiger partial charge in [-0.05, 0) is 79.9 Å². The average molecular weight is 709 g/mol. The van der Waals surface area contributed by atoms with E-state index in [0.717, 1.165) is 11.1 Å². The zero-order valence-corrected chi connectivity index (χ0v) is 31.2. The van der Waals surface area contributed by atoms with Crippen LogP contribution in [0, 0.1) is 0 Å². The lowest BCUT2D eigenvalue weighted by Crippen LogP contribution is -2.43. The number of hydrogen-bond donors (Lipinski definition) is 5. The largest absolute Gasteiger partial charge is 0.519 e. The maximum atomic E-state index is 12.0. The molecule has 0 aromatic heterocycles. The molecule has 1 amide bonds. The lowest BCUT2D eigenvalue weighted by molar-refractivity contribution is -0.0294. The summed E-state index contributed by atoms with van der Waals surface area (Å²) in [5.41, 5.74) is 0.136. The number of amides is 1. The molecule has 13 heteroatoms. The molecule has 2 unspecified atom stereocenters. The number of aliphatic hydroxyl groups is 4. The van der Waals surface area contributed by atoms with E-state index in [2.05, 4.69) is 10.1 Å². The van der Waals surface area contributed by atoms with Crippen molar-refractivity contribution in [1.82, 2.24) is 10.2 Å². The van der Waals surface area contributed by atoms with Crippen LogP contribution in [0.4, 0.5) is 14.4 Å². The van der Waals surface area contributed by atoms with Gasteiger partial charge in [-0.1, -0.05) is 60.7 Å². The molecule has 0 radical (unpaired) electrons. The third-order valence-electron chi connectivity index (χ3n) is 5.70. The minimum absolute atomic E-state index is 0.109. The molecule has 0 aliphatic rings. The molecule has 0 spiro atoms. The van der Waals surface area contributed by atoms with Crippen LogP contribution in [0.3, 0.4) is 0 Å². The van der Waals surface area contributed by atoms with Gasteiger partial charge in [-0.3, -0.25) is 0 Å². The normalized spacial score (nSPS) is 12.5. The van der Waals surface area contributed by atoms with Crippen LogP contribution in [-0.2, 0) is 31.8 Å². The molecular weight excluding hydrogens is 648 g/mol. The summed E-state index contributed by atoms with van der Waals surface area (Å²) in [6.07, 6.45) is -2.63. The molecule has 0 aliphatic carbocycles. The highest BCUT2D eigenvalue weighted by molar-refractivity contribution is 5.77. The van der Waals surface area contributed by atoms with Gasteiger partial charge in [0.15, 0.2) is 0 Å². The van der Waals surface area contributed by atoms with Crippen LogP contribution in [0.15, 0.2) is 60.7 Å². The second kappa shape index (κ2) is 23.6. The fraction of sp³-hybridized carbons (Fsp3) is 0.595. The molecule has 13 nitrogen and oxygen atoms in total. The van der Waals surface area contributed by atoms with Crippen molar-refractivity contribution in [1.29, 1.82) is 0 Å². The van der Waals surface area contributed by atoms with E-state index in [1.54, 1.807) is 62.3 Å². The van der Waals surface area contributed by atoms with Gasteiger partial charge in [-0.2, -0.15) is 0 Å². The van der Waals surface area contributed by atoms with E-state index >= 15 is 0 Å². The summed E-state index contributed by atoms with van der Waals surface area (Å²) in [5, 5.41) is 40.2. The molecule has 0 heterocycles. The first kappa shape index (κ1) is 46.2. The first-order chi connectivity index (χ1) is 23.1. The summed E-state index contributed by atoms with van der Waals surface area (Å²) in [6.45, 7) is 16.6. The number of carbonyl (C=O) groups excluding carboxylic acids is 3. The van der Waals surface area contributed by atoms with Crippen molar-refractivity contribution in [3.8, 4) is 0 Å². The van der Waals surface area contributed by atoms with Crippen LogP contribution in [-0.4, -0.2) is 112 Å². The van der Waals surface area contributed by atoms with Crippen LogP contribution in [0.2, 0.25) is 0 Å². The number of nitrogens with one attached hydrogen (secondary N) is 1. The molecule has 2 atom stereocenters. The number of ether oxygens (including phenoxy) is 4.